The van der Waals surface area contributed by atoms with Gasteiger partial charge in [-0.25, -0.2) is 0 Å². The van der Waals surface area contributed by atoms with E-state index in [0.29, 0.717) is 0 Å². The summed E-state index contributed by atoms with van der Waals surface area (Å²) >= 11 is 0. The van der Waals surface area contributed by atoms with E-state index in [1.807, 2.05) is 6.08 Å². The molecule has 1 fully saturated rings. The molecule has 1 aliphatic rings. The highest BCUT2D eigenvalue weighted by molar-refractivity contribution is 6.74. The Morgan fingerprint density at radius 2 is 2.09 bits per heavy atom. The van der Waals surface area contributed by atoms with Crippen LogP contribution in [0.25, 0.3) is 0 Å². The molecule has 2 heteroatoms. The Kier molecular flexibility index (Phi) is 3.33. The summed E-state index contributed by atoms with van der Waals surface area (Å²) in [5.74, 6) is 0. The first kappa shape index (κ1) is 9.01. The van der Waals surface area contributed by atoms with Gasteiger partial charge < -0.3 is 4.43 Å². The molecule has 0 bridgehead atoms. The Morgan fingerprint density at radius 3 is 2.55 bits per heavy atom. The maximum atomic E-state index is 5.91. The quantitative estimate of drug-likeness (QED) is 0.465. The van der Waals surface area contributed by atoms with Crippen molar-refractivity contribution in [2.24, 2.45) is 0 Å². The van der Waals surface area contributed by atoms with Crippen molar-refractivity contribution in [2.45, 2.75) is 37.9 Å². The molecule has 11 heavy (non-hydrogen) atoms. The molecule has 64 valence electrons. The van der Waals surface area contributed by atoms with E-state index in [2.05, 4.69) is 13.5 Å². The maximum absolute atomic E-state index is 5.91. The van der Waals surface area contributed by atoms with Crippen molar-refractivity contribution in [2.75, 3.05) is 6.61 Å². The van der Waals surface area contributed by atoms with E-state index in [1.54, 1.807) is 0 Å². The Morgan fingerprint density at radius 1 is 1.45 bits per heavy atom. The van der Waals surface area contributed by atoms with Crippen LogP contribution in [0.5, 0.6) is 0 Å². The second-order valence-corrected chi connectivity index (χ2v) is 7.71. The van der Waals surface area contributed by atoms with Gasteiger partial charge in [-0.1, -0.05) is 25.8 Å². The molecule has 0 aromatic carbocycles. The van der Waals surface area contributed by atoms with Crippen LogP contribution in [0.2, 0.25) is 18.1 Å². The molecule has 0 saturated carbocycles. The summed E-state index contributed by atoms with van der Waals surface area (Å²) in [5, 5.41) is 0. The van der Waals surface area contributed by atoms with Gasteiger partial charge in [0.05, 0.1) is 6.61 Å². The molecule has 0 amide bonds. The van der Waals surface area contributed by atoms with Crippen molar-refractivity contribution in [3.63, 3.8) is 0 Å². The minimum absolute atomic E-state index is 0.778. The minimum atomic E-state index is -1.20. The van der Waals surface area contributed by atoms with E-state index in [0.717, 1.165) is 6.61 Å². The molecule has 0 unspecified atom stereocenters. The highest BCUT2D eigenvalue weighted by Gasteiger charge is 2.35. The van der Waals surface area contributed by atoms with Gasteiger partial charge in [0, 0.05) is 0 Å². The molecule has 0 spiro atoms. The second-order valence-electron chi connectivity index (χ2n) is 3.34. The molecule has 1 aliphatic heterocycles. The standard InChI is InChI=1S/C9H18OSi/c1-3-7-10-11(4-2)8-5-6-9-11/h3H,1,4-9H2,2H3. The molecular formula is C9H18OSi. The number of hydrogen-bond donors (Lipinski definition) is 0. The fraction of sp³-hybridized carbons (Fsp3) is 0.778. The molecule has 0 aliphatic carbocycles. The normalized spacial score (nSPS) is 21.9. The van der Waals surface area contributed by atoms with Crippen LogP contribution >= 0.6 is 0 Å². The van der Waals surface area contributed by atoms with Crippen molar-refractivity contribution >= 4 is 8.32 Å². The maximum Gasteiger partial charge on any atom is 0.193 e. The smallest absolute Gasteiger partial charge is 0.193 e. The predicted molar refractivity (Wildman–Crippen MR) is 51.2 cm³/mol. The summed E-state index contributed by atoms with van der Waals surface area (Å²) in [4.78, 5) is 0. The molecule has 0 aromatic rings. The Balaban J connectivity index is 2.38. The summed E-state index contributed by atoms with van der Waals surface area (Å²) in [6.45, 7) is 6.74. The van der Waals surface area contributed by atoms with Crippen molar-refractivity contribution in [1.29, 1.82) is 0 Å². The van der Waals surface area contributed by atoms with E-state index < -0.39 is 8.32 Å². The molecule has 1 rings (SSSR count). The van der Waals surface area contributed by atoms with Gasteiger partial charge in [-0.15, -0.1) is 6.58 Å². The van der Waals surface area contributed by atoms with Crippen LogP contribution in [0, 0.1) is 0 Å². The Hall–Kier alpha value is -0.0831. The average Bonchev–Trinajstić information content (AvgIpc) is 2.50. The van der Waals surface area contributed by atoms with Crippen LogP contribution in [0.15, 0.2) is 12.7 Å². The van der Waals surface area contributed by atoms with Gasteiger partial charge >= 0.3 is 0 Å². The van der Waals surface area contributed by atoms with Crippen LogP contribution in [-0.2, 0) is 4.43 Å². The van der Waals surface area contributed by atoms with E-state index in [-0.39, 0.29) is 0 Å². The Labute approximate surface area is 70.6 Å². The number of rotatable bonds is 4. The van der Waals surface area contributed by atoms with Crippen LogP contribution < -0.4 is 0 Å². The highest BCUT2D eigenvalue weighted by atomic mass is 28.4. The van der Waals surface area contributed by atoms with Crippen LogP contribution in [0.1, 0.15) is 19.8 Å². The lowest BCUT2D eigenvalue weighted by molar-refractivity contribution is 0.347. The van der Waals surface area contributed by atoms with Gasteiger partial charge in [0.15, 0.2) is 8.32 Å². The third-order valence-electron chi connectivity index (χ3n) is 2.67. The average molecular weight is 170 g/mol. The first-order chi connectivity index (χ1) is 5.33. The monoisotopic (exact) mass is 170 g/mol. The topological polar surface area (TPSA) is 9.23 Å². The highest BCUT2D eigenvalue weighted by Crippen LogP contribution is 2.33. The lowest BCUT2D eigenvalue weighted by Gasteiger charge is -2.23. The Bertz CT molecular complexity index is 128. The molecule has 0 atom stereocenters. The van der Waals surface area contributed by atoms with Gasteiger partial charge in [-0.3, -0.25) is 0 Å². The van der Waals surface area contributed by atoms with Crippen molar-refractivity contribution < 1.29 is 4.43 Å². The van der Waals surface area contributed by atoms with Crippen LogP contribution in [0.3, 0.4) is 0 Å². The largest absolute Gasteiger partial charge is 0.413 e. The summed E-state index contributed by atoms with van der Waals surface area (Å²) in [6, 6.07) is 4.06. The molecule has 1 saturated heterocycles. The van der Waals surface area contributed by atoms with Gasteiger partial charge in [-0.2, -0.15) is 0 Å². The zero-order chi connectivity index (χ0) is 8.16. The molecule has 1 nitrogen and oxygen atoms in total. The fourth-order valence-corrected chi connectivity index (χ4v) is 5.56. The first-order valence-corrected chi connectivity index (χ1v) is 7.11. The summed E-state index contributed by atoms with van der Waals surface area (Å²) in [5.41, 5.74) is 0. The third-order valence-corrected chi connectivity index (χ3v) is 7.26. The van der Waals surface area contributed by atoms with Crippen molar-refractivity contribution in [1.82, 2.24) is 0 Å². The zero-order valence-corrected chi connectivity index (χ0v) is 8.44. The third kappa shape index (κ3) is 2.17. The zero-order valence-electron chi connectivity index (χ0n) is 7.44. The van der Waals surface area contributed by atoms with Crippen LogP contribution in [-0.4, -0.2) is 14.9 Å². The van der Waals surface area contributed by atoms with Gasteiger partial charge in [-0.05, 0) is 18.1 Å². The molecule has 0 aromatic heterocycles. The van der Waals surface area contributed by atoms with E-state index in [9.17, 15) is 0 Å². The van der Waals surface area contributed by atoms with Gasteiger partial charge in [0.2, 0.25) is 0 Å². The van der Waals surface area contributed by atoms with E-state index >= 15 is 0 Å². The van der Waals surface area contributed by atoms with E-state index in [1.165, 1.54) is 31.0 Å². The number of hydrogen-bond acceptors (Lipinski definition) is 1. The van der Waals surface area contributed by atoms with Crippen LogP contribution in [0.4, 0.5) is 0 Å². The fourth-order valence-electron chi connectivity index (χ4n) is 1.85. The second kappa shape index (κ2) is 4.07. The minimum Gasteiger partial charge on any atom is -0.413 e. The molecule has 0 radical (unpaired) electrons. The van der Waals surface area contributed by atoms with Crippen molar-refractivity contribution in [3.8, 4) is 0 Å². The van der Waals surface area contributed by atoms with Crippen molar-refractivity contribution in [3.05, 3.63) is 12.7 Å². The molecule has 0 N–H and O–H groups in total. The lowest BCUT2D eigenvalue weighted by atomic mass is 10.4. The van der Waals surface area contributed by atoms with E-state index in [4.69, 9.17) is 4.43 Å². The molecule has 1 heterocycles. The SMILES string of the molecule is C=CCO[Si]1(CC)CCCC1. The summed E-state index contributed by atoms with van der Waals surface area (Å²) < 4.78 is 5.91. The summed E-state index contributed by atoms with van der Waals surface area (Å²) in [6.07, 6.45) is 4.68. The van der Waals surface area contributed by atoms with Gasteiger partial charge in [0.25, 0.3) is 0 Å². The molecular weight excluding hydrogens is 152 g/mol. The first-order valence-electron chi connectivity index (χ1n) is 4.58. The lowest BCUT2D eigenvalue weighted by Crippen LogP contribution is -2.33. The predicted octanol–water partition coefficient (Wildman–Crippen LogP) is 2.95. The summed E-state index contributed by atoms with van der Waals surface area (Å²) in [7, 11) is -1.20. The van der Waals surface area contributed by atoms with Gasteiger partial charge in [0.1, 0.15) is 0 Å².